The van der Waals surface area contributed by atoms with E-state index in [2.05, 4.69) is 32.6 Å². The smallest absolute Gasteiger partial charge is 0.0638 e. The summed E-state index contributed by atoms with van der Waals surface area (Å²) in [6, 6.07) is 7.94. The van der Waals surface area contributed by atoms with Crippen molar-refractivity contribution in [2.45, 2.75) is 43.8 Å². The number of nitrogens with one attached hydrogen (secondary N) is 2. The second kappa shape index (κ2) is 4.79. The fourth-order valence-corrected chi connectivity index (χ4v) is 3.54. The van der Waals surface area contributed by atoms with Crippen molar-refractivity contribution in [3.8, 4) is 0 Å². The van der Waals surface area contributed by atoms with Crippen LogP contribution in [0.1, 0.15) is 25.7 Å². The van der Waals surface area contributed by atoms with Crippen molar-refractivity contribution in [2.75, 3.05) is 5.32 Å². The van der Waals surface area contributed by atoms with Crippen LogP contribution in [-0.2, 0) is 0 Å². The summed E-state index contributed by atoms with van der Waals surface area (Å²) in [6.07, 6.45) is 5.07. The first-order valence-corrected chi connectivity index (χ1v) is 7.35. The maximum Gasteiger partial charge on any atom is 0.0638 e. The Labute approximate surface area is 115 Å². The van der Waals surface area contributed by atoms with E-state index in [1.54, 1.807) is 0 Å². The topological polar surface area (TPSA) is 24.1 Å². The van der Waals surface area contributed by atoms with Crippen molar-refractivity contribution in [1.82, 2.24) is 5.32 Å². The molecule has 0 spiro atoms. The van der Waals surface area contributed by atoms with Gasteiger partial charge in [0.05, 0.1) is 10.7 Å². The zero-order valence-corrected chi connectivity index (χ0v) is 11.9. The van der Waals surface area contributed by atoms with E-state index in [0.29, 0.717) is 18.1 Å². The van der Waals surface area contributed by atoms with Crippen molar-refractivity contribution >= 4 is 33.2 Å². The normalized spacial score (nSPS) is 31.5. The minimum atomic E-state index is 0.556. The molecule has 2 N–H and O–H groups in total. The number of hydrogen-bond acceptors (Lipinski definition) is 2. The standard InChI is InChI=1S/C13H16BrClN2/c14-8-1-4-12(15)13(5-8)17-11-6-9-2-3-10(7-11)16-9/h1,4-5,9-11,16-17H,2-3,6-7H2. The van der Waals surface area contributed by atoms with Crippen molar-refractivity contribution in [1.29, 1.82) is 0 Å². The largest absolute Gasteiger partial charge is 0.381 e. The lowest BCUT2D eigenvalue weighted by molar-refractivity contribution is 0.378. The van der Waals surface area contributed by atoms with Crippen LogP contribution in [0.15, 0.2) is 22.7 Å². The van der Waals surface area contributed by atoms with Gasteiger partial charge in [-0.25, -0.2) is 0 Å². The Hall–Kier alpha value is -0.250. The molecule has 17 heavy (non-hydrogen) atoms. The van der Waals surface area contributed by atoms with Crippen LogP contribution in [0.2, 0.25) is 5.02 Å². The van der Waals surface area contributed by atoms with Gasteiger partial charge < -0.3 is 10.6 Å². The van der Waals surface area contributed by atoms with Crippen LogP contribution in [0.25, 0.3) is 0 Å². The Morgan fingerprint density at radius 1 is 1.24 bits per heavy atom. The van der Waals surface area contributed by atoms with Gasteiger partial charge in [-0.1, -0.05) is 27.5 Å². The van der Waals surface area contributed by atoms with Crippen LogP contribution >= 0.6 is 27.5 Å². The Morgan fingerprint density at radius 2 is 1.94 bits per heavy atom. The molecule has 2 aliphatic rings. The monoisotopic (exact) mass is 314 g/mol. The average Bonchev–Trinajstić information content (AvgIpc) is 2.63. The molecule has 2 unspecified atom stereocenters. The molecule has 2 fully saturated rings. The van der Waals surface area contributed by atoms with E-state index in [9.17, 15) is 0 Å². The van der Waals surface area contributed by atoms with Gasteiger partial charge in [-0.15, -0.1) is 0 Å². The lowest BCUT2D eigenvalue weighted by Gasteiger charge is -2.30. The fraction of sp³-hybridized carbons (Fsp3) is 0.538. The SMILES string of the molecule is Clc1ccc(Br)cc1NC1CC2CCC(C1)N2. The summed E-state index contributed by atoms with van der Waals surface area (Å²) in [6.45, 7) is 0. The van der Waals surface area contributed by atoms with Gasteiger partial charge in [-0.2, -0.15) is 0 Å². The molecular weight excluding hydrogens is 300 g/mol. The van der Waals surface area contributed by atoms with E-state index < -0.39 is 0 Å². The molecule has 2 heterocycles. The van der Waals surface area contributed by atoms with Crippen molar-refractivity contribution < 1.29 is 0 Å². The molecule has 2 atom stereocenters. The molecule has 1 aromatic carbocycles. The molecule has 0 aliphatic carbocycles. The number of piperidine rings is 1. The second-order valence-corrected chi connectivity index (χ2v) is 6.40. The van der Waals surface area contributed by atoms with E-state index in [4.69, 9.17) is 11.6 Å². The Balaban J connectivity index is 1.72. The van der Waals surface area contributed by atoms with Crippen molar-refractivity contribution in [2.24, 2.45) is 0 Å². The molecule has 2 nitrogen and oxygen atoms in total. The summed E-state index contributed by atoms with van der Waals surface area (Å²) < 4.78 is 1.07. The van der Waals surface area contributed by atoms with E-state index in [-0.39, 0.29) is 0 Å². The van der Waals surface area contributed by atoms with Crippen LogP contribution < -0.4 is 10.6 Å². The van der Waals surface area contributed by atoms with Crippen molar-refractivity contribution in [3.05, 3.63) is 27.7 Å². The van der Waals surface area contributed by atoms with E-state index in [1.165, 1.54) is 25.7 Å². The highest BCUT2D eigenvalue weighted by Crippen LogP contribution is 2.32. The maximum absolute atomic E-state index is 6.20. The number of benzene rings is 1. The molecule has 2 bridgehead atoms. The maximum atomic E-state index is 6.20. The van der Waals surface area contributed by atoms with Gasteiger partial charge in [-0.05, 0) is 43.9 Å². The first-order chi connectivity index (χ1) is 8.20. The average molecular weight is 316 g/mol. The molecule has 0 amide bonds. The Morgan fingerprint density at radius 3 is 2.65 bits per heavy atom. The van der Waals surface area contributed by atoms with Gasteiger partial charge in [0, 0.05) is 22.6 Å². The predicted octanol–water partition coefficient (Wildman–Crippen LogP) is 3.80. The molecule has 0 aromatic heterocycles. The van der Waals surface area contributed by atoms with Crippen LogP contribution in [0.4, 0.5) is 5.69 Å². The van der Waals surface area contributed by atoms with Crippen LogP contribution in [0.5, 0.6) is 0 Å². The molecule has 92 valence electrons. The highest BCUT2D eigenvalue weighted by atomic mass is 79.9. The number of rotatable bonds is 2. The first-order valence-electron chi connectivity index (χ1n) is 6.18. The second-order valence-electron chi connectivity index (χ2n) is 5.07. The molecule has 2 aliphatic heterocycles. The molecule has 0 radical (unpaired) electrons. The molecular formula is C13H16BrClN2. The highest BCUT2D eigenvalue weighted by Gasteiger charge is 2.33. The van der Waals surface area contributed by atoms with Gasteiger partial charge in [0.1, 0.15) is 0 Å². The number of fused-ring (bicyclic) bond motifs is 2. The third-order valence-electron chi connectivity index (χ3n) is 3.76. The number of halogens is 2. The lowest BCUT2D eigenvalue weighted by Crippen LogP contribution is -2.43. The summed E-state index contributed by atoms with van der Waals surface area (Å²) in [5.74, 6) is 0. The van der Waals surface area contributed by atoms with Gasteiger partial charge in [0.15, 0.2) is 0 Å². The van der Waals surface area contributed by atoms with Gasteiger partial charge in [0.25, 0.3) is 0 Å². The zero-order valence-electron chi connectivity index (χ0n) is 9.55. The number of hydrogen-bond donors (Lipinski definition) is 2. The third-order valence-corrected chi connectivity index (χ3v) is 4.58. The highest BCUT2D eigenvalue weighted by molar-refractivity contribution is 9.10. The van der Waals surface area contributed by atoms with Gasteiger partial charge in [0.2, 0.25) is 0 Å². The quantitative estimate of drug-likeness (QED) is 0.867. The summed E-state index contributed by atoms with van der Waals surface area (Å²) >= 11 is 9.69. The molecule has 1 aromatic rings. The minimum Gasteiger partial charge on any atom is -0.381 e. The van der Waals surface area contributed by atoms with Crippen LogP contribution in [-0.4, -0.2) is 18.1 Å². The van der Waals surface area contributed by atoms with Gasteiger partial charge in [-0.3, -0.25) is 0 Å². The summed E-state index contributed by atoms with van der Waals surface area (Å²) in [5, 5.41) is 8.04. The Bertz CT molecular complexity index is 412. The predicted molar refractivity (Wildman–Crippen MR) is 75.7 cm³/mol. The summed E-state index contributed by atoms with van der Waals surface area (Å²) in [5.41, 5.74) is 1.05. The lowest BCUT2D eigenvalue weighted by atomic mass is 9.99. The van der Waals surface area contributed by atoms with Gasteiger partial charge >= 0.3 is 0 Å². The molecule has 4 heteroatoms. The summed E-state index contributed by atoms with van der Waals surface area (Å²) in [4.78, 5) is 0. The van der Waals surface area contributed by atoms with E-state index in [1.807, 2.05) is 12.1 Å². The molecule has 2 saturated heterocycles. The van der Waals surface area contributed by atoms with Crippen LogP contribution in [0.3, 0.4) is 0 Å². The first kappa shape index (κ1) is 11.8. The van der Waals surface area contributed by atoms with E-state index in [0.717, 1.165) is 15.2 Å². The van der Waals surface area contributed by atoms with Crippen molar-refractivity contribution in [3.63, 3.8) is 0 Å². The number of anilines is 1. The van der Waals surface area contributed by atoms with Crippen LogP contribution in [0, 0.1) is 0 Å². The third kappa shape index (κ3) is 2.61. The minimum absolute atomic E-state index is 0.556. The Kier molecular flexibility index (Phi) is 3.33. The zero-order chi connectivity index (χ0) is 11.8. The van der Waals surface area contributed by atoms with E-state index >= 15 is 0 Å². The molecule has 3 rings (SSSR count). The molecule has 0 saturated carbocycles. The summed E-state index contributed by atoms with van der Waals surface area (Å²) in [7, 11) is 0. The fourth-order valence-electron chi connectivity index (χ4n) is 3.00.